The largest absolute Gasteiger partial charge is 0.326 e. The molecular formula is C13H18BrN3O2. The van der Waals surface area contributed by atoms with Crippen molar-refractivity contribution in [2.45, 2.75) is 31.3 Å². The van der Waals surface area contributed by atoms with E-state index < -0.39 is 0 Å². The van der Waals surface area contributed by atoms with Crippen molar-refractivity contribution in [3.8, 4) is 0 Å². The second kappa shape index (κ2) is 5.98. The summed E-state index contributed by atoms with van der Waals surface area (Å²) in [6.45, 7) is 0.922. The fraction of sp³-hybridized carbons (Fsp3) is 0.538. The number of rotatable bonds is 2. The molecule has 104 valence electrons. The summed E-state index contributed by atoms with van der Waals surface area (Å²) in [5.41, 5.74) is 7.09. The number of hydrogen-bond donors (Lipinski definition) is 1. The van der Waals surface area contributed by atoms with Crippen LogP contribution in [0.5, 0.6) is 0 Å². The third-order valence-corrected chi connectivity index (χ3v) is 4.18. The van der Waals surface area contributed by atoms with E-state index in [9.17, 15) is 10.1 Å². The predicted molar refractivity (Wildman–Crippen MR) is 78.0 cm³/mol. The predicted octanol–water partition coefficient (Wildman–Crippen LogP) is 2.84. The number of hydrogen-bond acceptors (Lipinski definition) is 4. The molecule has 0 radical (unpaired) electrons. The average Bonchev–Trinajstić information content (AvgIpc) is 2.51. The third-order valence-electron chi connectivity index (χ3n) is 3.69. The van der Waals surface area contributed by atoms with Crippen molar-refractivity contribution in [1.82, 2.24) is 4.90 Å². The normalized spacial score (nSPS) is 25.0. The van der Waals surface area contributed by atoms with Crippen molar-refractivity contribution in [2.24, 2.45) is 5.73 Å². The minimum absolute atomic E-state index is 0.0626. The molecule has 5 nitrogen and oxygen atoms in total. The molecule has 0 aliphatic carbocycles. The maximum absolute atomic E-state index is 11.2. The van der Waals surface area contributed by atoms with Gasteiger partial charge in [0.15, 0.2) is 0 Å². The number of nitrogens with two attached hydrogens (primary N) is 1. The smallest absolute Gasteiger partial charge is 0.275 e. The number of likely N-dealkylation sites (tertiary alicyclic amines) is 1. The lowest BCUT2D eigenvalue weighted by molar-refractivity contribution is -0.386. The maximum atomic E-state index is 11.2. The molecule has 6 heteroatoms. The molecule has 1 aliphatic rings. The Bertz CT molecular complexity index is 469. The van der Waals surface area contributed by atoms with Gasteiger partial charge >= 0.3 is 0 Å². The van der Waals surface area contributed by atoms with E-state index in [1.807, 2.05) is 19.2 Å². The van der Waals surface area contributed by atoms with Gasteiger partial charge in [-0.3, -0.25) is 15.0 Å². The molecule has 0 amide bonds. The van der Waals surface area contributed by atoms with Gasteiger partial charge < -0.3 is 5.73 Å². The zero-order valence-corrected chi connectivity index (χ0v) is 12.5. The SMILES string of the molecule is CN1CCCCC(N)C1c1ccc(Br)cc1[N+](=O)[O-]. The van der Waals surface area contributed by atoms with Crippen LogP contribution < -0.4 is 5.73 Å². The van der Waals surface area contributed by atoms with Gasteiger partial charge in [0, 0.05) is 22.1 Å². The summed E-state index contributed by atoms with van der Waals surface area (Å²) >= 11 is 3.28. The second-order valence-electron chi connectivity index (χ2n) is 5.05. The molecule has 19 heavy (non-hydrogen) atoms. The molecule has 1 aliphatic heterocycles. The van der Waals surface area contributed by atoms with Gasteiger partial charge in [0.25, 0.3) is 5.69 Å². The molecule has 0 saturated carbocycles. The summed E-state index contributed by atoms with van der Waals surface area (Å²) in [5.74, 6) is 0. The van der Waals surface area contributed by atoms with Gasteiger partial charge in [-0.2, -0.15) is 0 Å². The number of likely N-dealkylation sites (N-methyl/N-ethyl adjacent to an activating group) is 1. The minimum atomic E-state index is -0.328. The van der Waals surface area contributed by atoms with Crippen LogP contribution in [0.15, 0.2) is 22.7 Å². The van der Waals surface area contributed by atoms with E-state index in [0.29, 0.717) is 10.0 Å². The lowest BCUT2D eigenvalue weighted by Gasteiger charge is -2.30. The Morgan fingerprint density at radius 1 is 1.47 bits per heavy atom. The molecule has 1 aromatic carbocycles. The quantitative estimate of drug-likeness (QED) is 0.669. The number of nitro groups is 1. The number of nitro benzene ring substituents is 1. The summed E-state index contributed by atoms with van der Waals surface area (Å²) < 4.78 is 0.716. The molecule has 2 rings (SSSR count). The van der Waals surface area contributed by atoms with Crippen molar-refractivity contribution in [3.05, 3.63) is 38.3 Å². The Kier molecular flexibility index (Phi) is 4.54. The lowest BCUT2D eigenvalue weighted by atomic mass is 9.95. The standard InChI is InChI=1S/C13H18BrN3O2/c1-16-7-3-2-4-11(15)13(16)10-6-5-9(14)8-12(10)17(18)19/h5-6,8,11,13H,2-4,7,15H2,1H3. The zero-order chi connectivity index (χ0) is 14.0. The first-order chi connectivity index (χ1) is 9.00. The summed E-state index contributed by atoms with van der Waals surface area (Å²) in [5, 5.41) is 11.2. The van der Waals surface area contributed by atoms with Crippen LogP contribution in [0.25, 0.3) is 0 Å². The topological polar surface area (TPSA) is 72.4 Å². The van der Waals surface area contributed by atoms with E-state index in [2.05, 4.69) is 20.8 Å². The van der Waals surface area contributed by atoms with Crippen molar-refractivity contribution >= 4 is 21.6 Å². The molecule has 0 spiro atoms. The first-order valence-electron chi connectivity index (χ1n) is 6.40. The van der Waals surface area contributed by atoms with Crippen molar-refractivity contribution < 1.29 is 4.92 Å². The van der Waals surface area contributed by atoms with Crippen LogP contribution in [0.4, 0.5) is 5.69 Å². The Balaban J connectivity index is 2.46. The highest BCUT2D eigenvalue weighted by molar-refractivity contribution is 9.10. The fourth-order valence-corrected chi connectivity index (χ4v) is 3.11. The van der Waals surface area contributed by atoms with Crippen LogP contribution in [-0.2, 0) is 0 Å². The maximum Gasteiger partial charge on any atom is 0.275 e. The molecule has 1 heterocycles. The molecular weight excluding hydrogens is 310 g/mol. The van der Waals surface area contributed by atoms with E-state index >= 15 is 0 Å². The van der Waals surface area contributed by atoms with Crippen molar-refractivity contribution in [1.29, 1.82) is 0 Å². The Morgan fingerprint density at radius 3 is 2.89 bits per heavy atom. The first kappa shape index (κ1) is 14.4. The van der Waals surface area contributed by atoms with E-state index in [1.165, 1.54) is 0 Å². The van der Waals surface area contributed by atoms with Crippen molar-refractivity contribution in [3.63, 3.8) is 0 Å². The molecule has 1 aromatic rings. The summed E-state index contributed by atoms with van der Waals surface area (Å²) in [6, 6.07) is 5.06. The minimum Gasteiger partial charge on any atom is -0.326 e. The highest BCUT2D eigenvalue weighted by atomic mass is 79.9. The summed E-state index contributed by atoms with van der Waals surface area (Å²) in [4.78, 5) is 13.0. The summed E-state index contributed by atoms with van der Waals surface area (Å²) in [7, 11) is 1.99. The van der Waals surface area contributed by atoms with Gasteiger partial charge in [0.05, 0.1) is 11.0 Å². The van der Waals surface area contributed by atoms with Crippen LogP contribution in [0.3, 0.4) is 0 Å². The fourth-order valence-electron chi connectivity index (χ4n) is 2.76. The van der Waals surface area contributed by atoms with Crippen LogP contribution >= 0.6 is 15.9 Å². The zero-order valence-electron chi connectivity index (χ0n) is 10.9. The molecule has 0 bridgehead atoms. The first-order valence-corrected chi connectivity index (χ1v) is 7.19. The van der Waals surface area contributed by atoms with Crippen LogP contribution in [0.2, 0.25) is 0 Å². The number of nitrogens with zero attached hydrogens (tertiary/aromatic N) is 2. The second-order valence-corrected chi connectivity index (χ2v) is 5.96. The van der Waals surface area contributed by atoms with Crippen LogP contribution in [0, 0.1) is 10.1 Å². The van der Waals surface area contributed by atoms with Gasteiger partial charge in [-0.15, -0.1) is 0 Å². The van der Waals surface area contributed by atoms with Crippen molar-refractivity contribution in [2.75, 3.05) is 13.6 Å². The molecule has 2 N–H and O–H groups in total. The highest BCUT2D eigenvalue weighted by Crippen LogP contribution is 2.35. The Labute approximate surface area is 121 Å². The monoisotopic (exact) mass is 327 g/mol. The van der Waals surface area contributed by atoms with Gasteiger partial charge in [-0.05, 0) is 38.6 Å². The van der Waals surface area contributed by atoms with E-state index in [0.717, 1.165) is 25.8 Å². The van der Waals surface area contributed by atoms with Gasteiger partial charge in [0.2, 0.25) is 0 Å². The van der Waals surface area contributed by atoms with E-state index in [1.54, 1.807) is 6.07 Å². The highest BCUT2D eigenvalue weighted by Gasteiger charge is 2.31. The molecule has 2 unspecified atom stereocenters. The average molecular weight is 328 g/mol. The van der Waals surface area contributed by atoms with Crippen LogP contribution in [0.1, 0.15) is 30.9 Å². The van der Waals surface area contributed by atoms with E-state index in [-0.39, 0.29) is 22.7 Å². The molecule has 1 saturated heterocycles. The Hall–Kier alpha value is -0.980. The lowest BCUT2D eigenvalue weighted by Crippen LogP contribution is -2.37. The Morgan fingerprint density at radius 2 is 2.21 bits per heavy atom. The van der Waals surface area contributed by atoms with Gasteiger partial charge in [-0.1, -0.05) is 22.4 Å². The number of benzene rings is 1. The number of halogens is 1. The molecule has 2 atom stereocenters. The van der Waals surface area contributed by atoms with Crippen LogP contribution in [-0.4, -0.2) is 29.5 Å². The third kappa shape index (κ3) is 3.13. The van der Waals surface area contributed by atoms with E-state index in [4.69, 9.17) is 5.73 Å². The van der Waals surface area contributed by atoms with Gasteiger partial charge in [0.1, 0.15) is 0 Å². The molecule has 1 fully saturated rings. The summed E-state index contributed by atoms with van der Waals surface area (Å²) in [6.07, 6.45) is 3.07. The van der Waals surface area contributed by atoms with Gasteiger partial charge in [-0.25, -0.2) is 0 Å². The molecule has 0 aromatic heterocycles.